The summed E-state index contributed by atoms with van der Waals surface area (Å²) in [4.78, 5) is 11.8. The minimum absolute atomic E-state index is 0.111. The van der Waals surface area contributed by atoms with Crippen molar-refractivity contribution in [2.45, 2.75) is 57.2 Å². The molecule has 4 atom stereocenters. The van der Waals surface area contributed by atoms with Crippen LogP contribution in [0.4, 0.5) is 0 Å². The molecule has 5 rings (SSSR count). The maximum Gasteiger partial charge on any atom is 0.252 e. The van der Waals surface area contributed by atoms with Crippen LogP contribution in [-0.4, -0.2) is 32.0 Å². The Hall–Kier alpha value is -1.59. The highest BCUT2D eigenvalue weighted by atomic mass is 16.7. The third-order valence-corrected chi connectivity index (χ3v) is 8.11. The predicted molar refractivity (Wildman–Crippen MR) is 101 cm³/mol. The van der Waals surface area contributed by atoms with E-state index in [0.29, 0.717) is 29.1 Å². The molecule has 5 heteroatoms. The molecule has 3 unspecified atom stereocenters. The minimum Gasteiger partial charge on any atom is -0.496 e. The molecule has 4 aliphatic rings. The standard InChI is InChI=1S/C22H29NO4/c1-21-7-5-14-15(18(21)6-8-22(21)26-9-10-27-22)4-3-13-11-17(20(23)24)19(25-2)12-16(13)14/h11-12,14-15,18H,3-10H2,1-2H3,(H2,23,24)/t14?,15?,18?,21-/m0/s1. The molecule has 0 bridgehead atoms. The first-order valence-electron chi connectivity index (χ1n) is 10.3. The van der Waals surface area contributed by atoms with E-state index >= 15 is 0 Å². The summed E-state index contributed by atoms with van der Waals surface area (Å²) in [5, 5.41) is 0. The van der Waals surface area contributed by atoms with Crippen molar-refractivity contribution >= 4 is 5.91 Å². The third-order valence-electron chi connectivity index (χ3n) is 8.11. The molecule has 1 amide bonds. The molecule has 2 N–H and O–H groups in total. The maximum absolute atomic E-state index is 11.8. The van der Waals surface area contributed by atoms with Gasteiger partial charge in [-0.05, 0) is 73.1 Å². The van der Waals surface area contributed by atoms with E-state index < -0.39 is 5.91 Å². The Balaban J connectivity index is 1.52. The number of hydrogen-bond donors (Lipinski definition) is 1. The summed E-state index contributed by atoms with van der Waals surface area (Å²) in [6.07, 6.45) is 6.63. The second-order valence-corrected chi connectivity index (χ2v) is 8.98. The maximum atomic E-state index is 11.8. The quantitative estimate of drug-likeness (QED) is 0.865. The normalized spacial score (nSPS) is 36.1. The Morgan fingerprint density at radius 2 is 1.96 bits per heavy atom. The van der Waals surface area contributed by atoms with Gasteiger partial charge < -0.3 is 19.9 Å². The molecule has 3 fully saturated rings. The van der Waals surface area contributed by atoms with Gasteiger partial charge in [0.1, 0.15) is 5.75 Å². The molecular formula is C22H29NO4. The Bertz CT molecular complexity index is 785. The van der Waals surface area contributed by atoms with E-state index in [2.05, 4.69) is 13.0 Å². The summed E-state index contributed by atoms with van der Waals surface area (Å²) >= 11 is 0. The molecule has 146 valence electrons. The van der Waals surface area contributed by atoms with Crippen molar-refractivity contribution in [1.82, 2.24) is 0 Å². The molecule has 1 saturated heterocycles. The summed E-state index contributed by atoms with van der Waals surface area (Å²) in [5.74, 6) is 1.65. The lowest BCUT2D eigenvalue weighted by atomic mass is 9.54. The lowest BCUT2D eigenvalue weighted by Gasteiger charge is -2.52. The average Bonchev–Trinajstić information content (AvgIpc) is 3.26. The lowest BCUT2D eigenvalue weighted by Crippen LogP contribution is -2.51. The first-order chi connectivity index (χ1) is 13.0. The van der Waals surface area contributed by atoms with Crippen LogP contribution >= 0.6 is 0 Å². The first-order valence-corrected chi connectivity index (χ1v) is 10.3. The van der Waals surface area contributed by atoms with Crippen molar-refractivity contribution in [1.29, 1.82) is 0 Å². The lowest BCUT2D eigenvalue weighted by molar-refractivity contribution is -0.237. The fraction of sp³-hybridized carbons (Fsp3) is 0.682. The van der Waals surface area contributed by atoms with Crippen LogP contribution in [0.15, 0.2) is 12.1 Å². The number of primary amides is 1. The third kappa shape index (κ3) is 2.27. The molecule has 27 heavy (non-hydrogen) atoms. The molecular weight excluding hydrogens is 342 g/mol. The smallest absolute Gasteiger partial charge is 0.252 e. The van der Waals surface area contributed by atoms with E-state index in [-0.39, 0.29) is 11.2 Å². The zero-order valence-electron chi connectivity index (χ0n) is 16.3. The Labute approximate surface area is 160 Å². The van der Waals surface area contributed by atoms with Crippen molar-refractivity contribution in [2.75, 3.05) is 20.3 Å². The van der Waals surface area contributed by atoms with E-state index in [4.69, 9.17) is 19.9 Å². The molecule has 0 aromatic heterocycles. The molecule has 1 aromatic carbocycles. The number of methoxy groups -OCH3 is 1. The van der Waals surface area contributed by atoms with Gasteiger partial charge in [-0.1, -0.05) is 6.92 Å². The van der Waals surface area contributed by atoms with E-state index in [0.717, 1.165) is 38.9 Å². The van der Waals surface area contributed by atoms with Crippen LogP contribution < -0.4 is 10.5 Å². The monoisotopic (exact) mass is 371 g/mol. The molecule has 2 saturated carbocycles. The Morgan fingerprint density at radius 1 is 1.19 bits per heavy atom. The highest BCUT2D eigenvalue weighted by molar-refractivity contribution is 5.96. The van der Waals surface area contributed by atoms with E-state index in [9.17, 15) is 4.79 Å². The number of aryl methyl sites for hydroxylation is 1. The summed E-state index contributed by atoms with van der Waals surface area (Å²) in [7, 11) is 1.61. The van der Waals surface area contributed by atoms with Crippen LogP contribution in [0.25, 0.3) is 0 Å². The molecule has 1 heterocycles. The fourth-order valence-electron chi connectivity index (χ4n) is 6.85. The molecule has 1 aliphatic heterocycles. The van der Waals surface area contributed by atoms with Crippen molar-refractivity contribution in [3.05, 3.63) is 28.8 Å². The molecule has 0 radical (unpaired) electrons. The van der Waals surface area contributed by atoms with Crippen molar-refractivity contribution in [2.24, 2.45) is 23.0 Å². The number of carbonyl (C=O) groups is 1. The highest BCUT2D eigenvalue weighted by Gasteiger charge is 2.65. The predicted octanol–water partition coefficient (Wildman–Crippen LogP) is 3.39. The van der Waals surface area contributed by atoms with Gasteiger partial charge in [0.2, 0.25) is 0 Å². The number of nitrogens with two attached hydrogens (primary N) is 1. The number of hydrogen-bond acceptors (Lipinski definition) is 4. The van der Waals surface area contributed by atoms with Crippen molar-refractivity contribution in [3.63, 3.8) is 0 Å². The Kier molecular flexibility index (Phi) is 3.86. The van der Waals surface area contributed by atoms with Crippen LogP contribution in [0.3, 0.4) is 0 Å². The number of carbonyl (C=O) groups excluding carboxylic acids is 1. The van der Waals surface area contributed by atoms with Gasteiger partial charge in [-0.15, -0.1) is 0 Å². The number of ether oxygens (including phenoxy) is 3. The largest absolute Gasteiger partial charge is 0.496 e. The highest BCUT2D eigenvalue weighted by Crippen LogP contribution is 2.66. The molecule has 3 aliphatic carbocycles. The van der Waals surface area contributed by atoms with Gasteiger partial charge in [0.05, 0.1) is 25.9 Å². The SMILES string of the molecule is COc1cc2c(cc1C(N)=O)CCC1C2CC[C@@]2(C)C1CCC21OCCO1. The fourth-order valence-corrected chi connectivity index (χ4v) is 6.85. The van der Waals surface area contributed by atoms with Crippen molar-refractivity contribution in [3.8, 4) is 5.75 Å². The molecule has 5 nitrogen and oxygen atoms in total. The van der Waals surface area contributed by atoms with Gasteiger partial charge in [-0.2, -0.15) is 0 Å². The zero-order valence-corrected chi connectivity index (χ0v) is 16.3. The second kappa shape index (κ2) is 5.95. The second-order valence-electron chi connectivity index (χ2n) is 8.98. The number of benzene rings is 1. The first kappa shape index (κ1) is 17.5. The van der Waals surface area contributed by atoms with Crippen LogP contribution in [0.5, 0.6) is 5.75 Å². The van der Waals surface area contributed by atoms with Gasteiger partial charge in [0.25, 0.3) is 5.91 Å². The summed E-state index contributed by atoms with van der Waals surface area (Å²) in [6.45, 7) is 3.86. The van der Waals surface area contributed by atoms with Gasteiger partial charge in [-0.3, -0.25) is 4.79 Å². The van der Waals surface area contributed by atoms with E-state index in [1.165, 1.54) is 24.0 Å². The topological polar surface area (TPSA) is 70.8 Å². The van der Waals surface area contributed by atoms with Gasteiger partial charge >= 0.3 is 0 Å². The van der Waals surface area contributed by atoms with Crippen LogP contribution in [0.2, 0.25) is 0 Å². The van der Waals surface area contributed by atoms with Gasteiger partial charge in [0, 0.05) is 11.8 Å². The average molecular weight is 371 g/mol. The van der Waals surface area contributed by atoms with Crippen molar-refractivity contribution < 1.29 is 19.0 Å². The summed E-state index contributed by atoms with van der Waals surface area (Å²) in [6, 6.07) is 4.06. The van der Waals surface area contributed by atoms with Gasteiger partial charge in [-0.25, -0.2) is 0 Å². The minimum atomic E-state index is -0.416. The number of amides is 1. The number of fused-ring (bicyclic) bond motifs is 6. The summed E-state index contributed by atoms with van der Waals surface area (Å²) < 4.78 is 17.9. The van der Waals surface area contributed by atoms with Crippen LogP contribution in [0.1, 0.15) is 66.4 Å². The van der Waals surface area contributed by atoms with E-state index in [1.54, 1.807) is 7.11 Å². The zero-order chi connectivity index (χ0) is 18.8. The van der Waals surface area contributed by atoms with Crippen LogP contribution in [0, 0.1) is 17.3 Å². The number of rotatable bonds is 2. The van der Waals surface area contributed by atoms with E-state index in [1.807, 2.05) is 6.07 Å². The molecule has 1 aromatic rings. The van der Waals surface area contributed by atoms with Gasteiger partial charge in [0.15, 0.2) is 5.79 Å². The Morgan fingerprint density at radius 3 is 2.67 bits per heavy atom. The summed E-state index contributed by atoms with van der Waals surface area (Å²) in [5.41, 5.74) is 8.81. The molecule has 1 spiro atoms. The van der Waals surface area contributed by atoms with Crippen LogP contribution in [-0.2, 0) is 15.9 Å².